The first-order valence-electron chi connectivity index (χ1n) is 6.56. The molecule has 124 valence electrons. The Bertz CT molecular complexity index is 982. The van der Waals surface area contributed by atoms with E-state index in [1.165, 1.54) is 34.6 Å². The Morgan fingerprint density at radius 3 is 2.48 bits per heavy atom. The molecule has 1 atom stereocenters. The summed E-state index contributed by atoms with van der Waals surface area (Å²) in [6.07, 6.45) is 0.414. The highest BCUT2D eigenvalue weighted by molar-refractivity contribution is 7.94. The minimum Gasteiger partial charge on any atom is -0.262 e. The highest BCUT2D eigenvalue weighted by Gasteiger charge is 2.37. The maximum Gasteiger partial charge on any atom is 0.274 e. The third-order valence-corrected chi connectivity index (χ3v) is 8.13. The van der Waals surface area contributed by atoms with Crippen molar-refractivity contribution in [3.05, 3.63) is 40.2 Å². The quantitative estimate of drug-likeness (QED) is 0.865. The molecule has 3 rings (SSSR count). The molecule has 0 saturated carbocycles. The smallest absolute Gasteiger partial charge is 0.262 e. The van der Waals surface area contributed by atoms with Gasteiger partial charge in [0.25, 0.3) is 10.0 Å². The van der Waals surface area contributed by atoms with Crippen LogP contribution in [0.5, 0.6) is 0 Å². The first-order valence-corrected chi connectivity index (χ1v) is 10.7. The van der Waals surface area contributed by atoms with E-state index in [-0.39, 0.29) is 15.1 Å². The maximum absolute atomic E-state index is 12.8. The fourth-order valence-electron chi connectivity index (χ4n) is 2.66. The highest BCUT2D eigenvalue weighted by Crippen LogP contribution is 2.39. The fourth-order valence-corrected chi connectivity index (χ4v) is 6.48. The second kappa shape index (κ2) is 5.45. The number of hydrogen-bond acceptors (Lipinski definition) is 5. The number of thiophene rings is 1. The van der Waals surface area contributed by atoms with E-state index in [9.17, 15) is 16.8 Å². The third kappa shape index (κ3) is 2.87. The van der Waals surface area contributed by atoms with Crippen molar-refractivity contribution >= 4 is 48.7 Å². The monoisotopic (exact) mass is 392 g/mol. The molecule has 10 heteroatoms. The lowest BCUT2D eigenvalue weighted by molar-refractivity contribution is 0.586. The van der Waals surface area contributed by atoms with Crippen molar-refractivity contribution in [2.24, 2.45) is 5.14 Å². The molecular weight excluding hydrogens is 380 g/mol. The molecule has 2 heterocycles. The Balaban J connectivity index is 2.11. The molecule has 1 unspecified atom stereocenters. The van der Waals surface area contributed by atoms with E-state index in [2.05, 4.69) is 0 Å². The number of anilines is 1. The number of halogens is 1. The number of rotatable bonds is 3. The molecule has 2 aromatic rings. The van der Waals surface area contributed by atoms with Gasteiger partial charge in [0, 0.05) is 6.04 Å². The summed E-state index contributed by atoms with van der Waals surface area (Å²) < 4.78 is 50.4. The van der Waals surface area contributed by atoms with Gasteiger partial charge in [0.15, 0.2) is 0 Å². The summed E-state index contributed by atoms with van der Waals surface area (Å²) in [6.45, 7) is 1.77. The van der Waals surface area contributed by atoms with Gasteiger partial charge in [0.1, 0.15) is 4.21 Å². The molecule has 1 aliphatic rings. The summed E-state index contributed by atoms with van der Waals surface area (Å²) in [4.78, 5) is -0.0260. The van der Waals surface area contributed by atoms with Gasteiger partial charge in [-0.15, -0.1) is 11.3 Å². The lowest BCUT2D eigenvalue weighted by atomic mass is 10.1. The van der Waals surface area contributed by atoms with E-state index in [0.29, 0.717) is 22.0 Å². The first kappa shape index (κ1) is 16.7. The van der Waals surface area contributed by atoms with E-state index < -0.39 is 20.0 Å². The number of nitrogens with two attached hydrogens (primary N) is 1. The lowest BCUT2D eigenvalue weighted by Crippen LogP contribution is -2.35. The number of sulfonamides is 2. The molecule has 0 bridgehead atoms. The van der Waals surface area contributed by atoms with Crippen LogP contribution in [0.2, 0.25) is 4.34 Å². The zero-order valence-electron chi connectivity index (χ0n) is 11.9. The molecular formula is C13H13ClN2O4S3. The molecule has 1 aromatic carbocycles. The number of nitrogens with zero attached hydrogens (tertiary/aromatic N) is 1. The average molecular weight is 393 g/mol. The number of primary sulfonamides is 1. The van der Waals surface area contributed by atoms with Gasteiger partial charge >= 0.3 is 0 Å². The van der Waals surface area contributed by atoms with Crippen LogP contribution in [0, 0.1) is 0 Å². The summed E-state index contributed by atoms with van der Waals surface area (Å²) in [5.74, 6) is 0. The lowest BCUT2D eigenvalue weighted by Gasteiger charge is -2.23. The third-order valence-electron chi connectivity index (χ3n) is 3.59. The molecule has 0 aliphatic carbocycles. The molecule has 0 amide bonds. The van der Waals surface area contributed by atoms with Gasteiger partial charge in [0.05, 0.1) is 14.9 Å². The Hall–Kier alpha value is -1.13. The van der Waals surface area contributed by atoms with Crippen LogP contribution in [0.4, 0.5) is 5.69 Å². The number of hydrogen-bond donors (Lipinski definition) is 1. The van der Waals surface area contributed by atoms with Crippen LogP contribution in [-0.2, 0) is 26.5 Å². The van der Waals surface area contributed by atoms with Crippen molar-refractivity contribution in [3.8, 4) is 0 Å². The van der Waals surface area contributed by atoms with Crippen LogP contribution in [0.15, 0.2) is 39.4 Å². The van der Waals surface area contributed by atoms with Crippen LogP contribution in [-0.4, -0.2) is 22.9 Å². The summed E-state index contributed by atoms with van der Waals surface area (Å²) in [5.41, 5.74) is 1.10. The van der Waals surface area contributed by atoms with Gasteiger partial charge < -0.3 is 0 Å². The van der Waals surface area contributed by atoms with Crippen molar-refractivity contribution in [2.45, 2.75) is 28.5 Å². The minimum atomic E-state index is -3.83. The van der Waals surface area contributed by atoms with Gasteiger partial charge in [0.2, 0.25) is 10.0 Å². The summed E-state index contributed by atoms with van der Waals surface area (Å²) in [6, 6.07) is 6.89. The molecule has 23 heavy (non-hydrogen) atoms. The molecule has 2 N–H and O–H groups in total. The van der Waals surface area contributed by atoms with Crippen molar-refractivity contribution in [1.82, 2.24) is 0 Å². The van der Waals surface area contributed by atoms with Crippen LogP contribution in [0.3, 0.4) is 0 Å². The standard InChI is InChI=1S/C13H13ClN2O4S3/c1-8-6-9-7-10(22(15,17)18)2-3-11(9)16(8)23(19,20)13-5-4-12(14)21-13/h2-5,7-8H,6H2,1H3,(H2,15,17,18). The van der Waals surface area contributed by atoms with Crippen molar-refractivity contribution in [2.75, 3.05) is 4.31 Å². The van der Waals surface area contributed by atoms with Gasteiger partial charge in [-0.05, 0) is 49.2 Å². The zero-order chi connectivity index (χ0) is 17.0. The van der Waals surface area contributed by atoms with Gasteiger partial charge in [-0.3, -0.25) is 4.31 Å². The summed E-state index contributed by atoms with van der Waals surface area (Å²) in [7, 11) is -7.57. The second-order valence-corrected chi connectivity index (χ2v) is 10.6. The average Bonchev–Trinajstić information content (AvgIpc) is 2.99. The van der Waals surface area contributed by atoms with Crippen LogP contribution < -0.4 is 9.44 Å². The number of fused-ring (bicyclic) bond motifs is 1. The second-order valence-electron chi connectivity index (χ2n) is 5.25. The van der Waals surface area contributed by atoms with E-state index in [0.717, 1.165) is 11.3 Å². The Morgan fingerprint density at radius 1 is 1.22 bits per heavy atom. The Kier molecular flexibility index (Phi) is 3.96. The van der Waals surface area contributed by atoms with E-state index in [1.54, 1.807) is 6.92 Å². The minimum absolute atomic E-state index is 0.0260. The molecule has 6 nitrogen and oxygen atoms in total. The van der Waals surface area contributed by atoms with Crippen molar-refractivity contribution < 1.29 is 16.8 Å². The van der Waals surface area contributed by atoms with Crippen LogP contribution in [0.1, 0.15) is 12.5 Å². The Labute approximate surface area is 143 Å². The summed E-state index contributed by atoms with van der Waals surface area (Å²) >= 11 is 6.82. The van der Waals surface area contributed by atoms with Crippen LogP contribution in [0.25, 0.3) is 0 Å². The topological polar surface area (TPSA) is 97.5 Å². The Morgan fingerprint density at radius 2 is 1.91 bits per heavy atom. The normalized spacial score (nSPS) is 18.2. The predicted octanol–water partition coefficient (Wildman–Crippen LogP) is 2.19. The zero-order valence-corrected chi connectivity index (χ0v) is 15.1. The van der Waals surface area contributed by atoms with E-state index in [1.807, 2.05) is 0 Å². The first-order chi connectivity index (χ1) is 10.6. The van der Waals surface area contributed by atoms with Gasteiger partial charge in [-0.1, -0.05) is 11.6 Å². The molecule has 0 saturated heterocycles. The molecule has 1 aromatic heterocycles. The predicted molar refractivity (Wildman–Crippen MR) is 90.0 cm³/mol. The number of benzene rings is 1. The van der Waals surface area contributed by atoms with Gasteiger partial charge in [-0.2, -0.15) is 0 Å². The van der Waals surface area contributed by atoms with Crippen LogP contribution >= 0.6 is 22.9 Å². The summed E-state index contributed by atoms with van der Waals surface area (Å²) in [5, 5.41) is 5.13. The molecule has 0 spiro atoms. The maximum atomic E-state index is 12.8. The van der Waals surface area contributed by atoms with Gasteiger partial charge in [-0.25, -0.2) is 22.0 Å². The molecule has 0 radical (unpaired) electrons. The van der Waals surface area contributed by atoms with E-state index >= 15 is 0 Å². The highest BCUT2D eigenvalue weighted by atomic mass is 35.5. The largest absolute Gasteiger partial charge is 0.274 e. The van der Waals surface area contributed by atoms with E-state index in [4.69, 9.17) is 16.7 Å². The molecule has 0 fully saturated rings. The SMILES string of the molecule is CC1Cc2cc(S(N)(=O)=O)ccc2N1S(=O)(=O)c1ccc(Cl)s1. The van der Waals surface area contributed by atoms with Crippen molar-refractivity contribution in [3.63, 3.8) is 0 Å². The van der Waals surface area contributed by atoms with Crippen molar-refractivity contribution in [1.29, 1.82) is 0 Å². The molecule has 1 aliphatic heterocycles. The fraction of sp³-hybridized carbons (Fsp3) is 0.231.